The number of aryl methyl sites for hydroxylation is 1. The van der Waals surface area contributed by atoms with Gasteiger partial charge in [-0.2, -0.15) is 0 Å². The van der Waals surface area contributed by atoms with Gasteiger partial charge in [-0.05, 0) is 42.9 Å². The Kier molecular flexibility index (Phi) is 5.24. The van der Waals surface area contributed by atoms with E-state index in [0.717, 1.165) is 31.2 Å². The number of nitrogens with one attached hydrogen (secondary N) is 1. The summed E-state index contributed by atoms with van der Waals surface area (Å²) in [6.07, 6.45) is 4.29. The Bertz CT molecular complexity index is 587. The fraction of sp³-hybridized carbons (Fsp3) is 0.600. The van der Waals surface area contributed by atoms with Crippen molar-refractivity contribution in [3.8, 4) is 0 Å². The van der Waals surface area contributed by atoms with E-state index < -0.39 is 10.0 Å². The lowest BCUT2D eigenvalue weighted by atomic mass is 9.86. The van der Waals surface area contributed by atoms with E-state index >= 15 is 0 Å². The van der Waals surface area contributed by atoms with Crippen molar-refractivity contribution in [1.82, 2.24) is 4.72 Å². The number of nitrogen functional groups attached to an aromatic ring is 1. The summed E-state index contributed by atoms with van der Waals surface area (Å²) in [7, 11) is -3.61. The highest BCUT2D eigenvalue weighted by Crippen LogP contribution is 2.27. The molecule has 4 N–H and O–H groups in total. The third-order valence-corrected chi connectivity index (χ3v) is 5.78. The zero-order valence-corrected chi connectivity index (χ0v) is 13.2. The van der Waals surface area contributed by atoms with Gasteiger partial charge < -0.3 is 10.8 Å². The molecule has 0 bridgehead atoms. The zero-order chi connectivity index (χ0) is 15.5. The van der Waals surface area contributed by atoms with Gasteiger partial charge in [0.1, 0.15) is 0 Å². The van der Waals surface area contributed by atoms with Crippen LogP contribution >= 0.6 is 0 Å². The normalized spacial score (nSPS) is 23.1. The Labute approximate surface area is 126 Å². The summed E-state index contributed by atoms with van der Waals surface area (Å²) in [6.45, 7) is 1.94. The molecule has 1 aliphatic rings. The summed E-state index contributed by atoms with van der Waals surface area (Å²) in [4.78, 5) is 0.257. The predicted molar refractivity (Wildman–Crippen MR) is 83.4 cm³/mol. The van der Waals surface area contributed by atoms with Crippen LogP contribution in [0.3, 0.4) is 0 Å². The van der Waals surface area contributed by atoms with Gasteiger partial charge in [-0.15, -0.1) is 0 Å². The minimum Gasteiger partial charge on any atom is -0.399 e. The second kappa shape index (κ2) is 6.77. The molecule has 2 unspecified atom stereocenters. The first kappa shape index (κ1) is 16.3. The predicted octanol–water partition coefficient (Wildman–Crippen LogP) is 1.66. The van der Waals surface area contributed by atoms with E-state index in [1.807, 2.05) is 6.92 Å². The number of hydrogen-bond acceptors (Lipinski definition) is 4. The first-order valence-corrected chi connectivity index (χ1v) is 8.98. The molecule has 0 radical (unpaired) electrons. The molecule has 0 spiro atoms. The number of sulfonamides is 1. The lowest BCUT2D eigenvalue weighted by Crippen LogP contribution is -2.43. The molecule has 0 amide bonds. The van der Waals surface area contributed by atoms with Crippen molar-refractivity contribution in [2.45, 2.75) is 50.0 Å². The Hall–Kier alpha value is -1.11. The van der Waals surface area contributed by atoms with E-state index in [0.29, 0.717) is 12.1 Å². The highest BCUT2D eigenvalue weighted by molar-refractivity contribution is 7.89. The molecule has 0 heterocycles. The Morgan fingerprint density at radius 3 is 2.71 bits per heavy atom. The molecular formula is C15H24N2O3S. The highest BCUT2D eigenvalue weighted by Gasteiger charge is 2.29. The van der Waals surface area contributed by atoms with E-state index in [-0.39, 0.29) is 23.5 Å². The van der Waals surface area contributed by atoms with Crippen LogP contribution in [0.25, 0.3) is 0 Å². The molecule has 2 atom stereocenters. The molecule has 0 aromatic heterocycles. The van der Waals surface area contributed by atoms with Crippen LogP contribution in [-0.2, 0) is 16.4 Å². The average molecular weight is 312 g/mol. The molecular weight excluding hydrogens is 288 g/mol. The van der Waals surface area contributed by atoms with Crippen LogP contribution in [0, 0.1) is 5.92 Å². The van der Waals surface area contributed by atoms with Crippen molar-refractivity contribution >= 4 is 15.7 Å². The molecule has 1 aromatic carbocycles. The minimum absolute atomic E-state index is 0.000314. The second-order valence-electron chi connectivity index (χ2n) is 5.68. The second-order valence-corrected chi connectivity index (χ2v) is 7.36. The van der Waals surface area contributed by atoms with E-state index in [1.165, 1.54) is 6.07 Å². The number of anilines is 1. The average Bonchev–Trinajstić information content (AvgIpc) is 2.47. The third kappa shape index (κ3) is 3.75. The number of aliphatic hydroxyl groups is 1. The van der Waals surface area contributed by atoms with E-state index in [1.54, 1.807) is 12.1 Å². The van der Waals surface area contributed by atoms with Crippen molar-refractivity contribution in [2.24, 2.45) is 5.92 Å². The standard InChI is InChI=1S/C15H24N2O3S/c1-2-11-7-8-13(16)9-15(11)21(19,20)17-14-6-4-3-5-12(14)10-18/h7-9,12,14,17-18H,2-6,10,16H2,1H3. The maximum absolute atomic E-state index is 12.6. The SMILES string of the molecule is CCc1ccc(N)cc1S(=O)(=O)NC1CCCCC1CO. The van der Waals surface area contributed by atoms with Crippen molar-refractivity contribution in [3.05, 3.63) is 23.8 Å². The minimum atomic E-state index is -3.61. The number of rotatable bonds is 5. The largest absolute Gasteiger partial charge is 0.399 e. The molecule has 21 heavy (non-hydrogen) atoms. The molecule has 6 heteroatoms. The Balaban J connectivity index is 2.27. The van der Waals surface area contributed by atoms with Crippen molar-refractivity contribution in [1.29, 1.82) is 0 Å². The van der Waals surface area contributed by atoms with Gasteiger partial charge >= 0.3 is 0 Å². The van der Waals surface area contributed by atoms with E-state index in [4.69, 9.17) is 5.73 Å². The summed E-state index contributed by atoms with van der Waals surface area (Å²) in [5.41, 5.74) is 6.93. The third-order valence-electron chi connectivity index (χ3n) is 4.21. The van der Waals surface area contributed by atoms with Crippen molar-refractivity contribution < 1.29 is 13.5 Å². The van der Waals surface area contributed by atoms with Crippen LogP contribution in [0.1, 0.15) is 38.2 Å². The molecule has 5 nitrogen and oxygen atoms in total. The Morgan fingerprint density at radius 2 is 2.05 bits per heavy atom. The van der Waals surface area contributed by atoms with Crippen molar-refractivity contribution in [2.75, 3.05) is 12.3 Å². The van der Waals surface area contributed by atoms with Gasteiger partial charge in [-0.3, -0.25) is 0 Å². The quantitative estimate of drug-likeness (QED) is 0.721. The molecule has 2 rings (SSSR count). The summed E-state index contributed by atoms with van der Waals surface area (Å²) >= 11 is 0. The van der Waals surface area contributed by atoms with Gasteiger partial charge in [0.05, 0.1) is 4.90 Å². The summed E-state index contributed by atoms with van der Waals surface area (Å²) < 4.78 is 28.1. The molecule has 1 saturated carbocycles. The van der Waals surface area contributed by atoms with Gasteiger partial charge in [0.15, 0.2) is 0 Å². The molecule has 1 fully saturated rings. The highest BCUT2D eigenvalue weighted by atomic mass is 32.2. The lowest BCUT2D eigenvalue weighted by Gasteiger charge is -2.30. The van der Waals surface area contributed by atoms with Gasteiger partial charge in [-0.25, -0.2) is 13.1 Å². The smallest absolute Gasteiger partial charge is 0.241 e. The number of nitrogens with two attached hydrogens (primary N) is 1. The van der Waals surface area contributed by atoms with Gasteiger partial charge in [0.25, 0.3) is 0 Å². The summed E-state index contributed by atoms with van der Waals surface area (Å²) in [5.74, 6) is -0.000314. The van der Waals surface area contributed by atoms with Crippen LogP contribution in [0.15, 0.2) is 23.1 Å². The van der Waals surface area contributed by atoms with Crippen LogP contribution in [-0.4, -0.2) is 26.2 Å². The number of aliphatic hydroxyl groups excluding tert-OH is 1. The van der Waals surface area contributed by atoms with Gasteiger partial charge in [-0.1, -0.05) is 25.8 Å². The van der Waals surface area contributed by atoms with Gasteiger partial charge in [0, 0.05) is 18.3 Å². The fourth-order valence-electron chi connectivity index (χ4n) is 2.96. The number of benzene rings is 1. The summed E-state index contributed by atoms with van der Waals surface area (Å²) in [6, 6.07) is 4.79. The number of hydrogen-bond donors (Lipinski definition) is 3. The van der Waals surface area contributed by atoms with E-state index in [9.17, 15) is 13.5 Å². The van der Waals surface area contributed by atoms with Crippen LogP contribution < -0.4 is 10.5 Å². The maximum Gasteiger partial charge on any atom is 0.241 e. The summed E-state index contributed by atoms with van der Waals surface area (Å²) in [5, 5.41) is 9.42. The van der Waals surface area contributed by atoms with E-state index in [2.05, 4.69) is 4.72 Å². The monoisotopic (exact) mass is 312 g/mol. The first-order valence-electron chi connectivity index (χ1n) is 7.49. The van der Waals surface area contributed by atoms with Crippen LogP contribution in [0.4, 0.5) is 5.69 Å². The van der Waals surface area contributed by atoms with Crippen LogP contribution in [0.2, 0.25) is 0 Å². The molecule has 0 aliphatic heterocycles. The zero-order valence-electron chi connectivity index (χ0n) is 12.4. The maximum atomic E-state index is 12.6. The van der Waals surface area contributed by atoms with Gasteiger partial charge in [0.2, 0.25) is 10.0 Å². The molecule has 118 valence electrons. The topological polar surface area (TPSA) is 92.4 Å². The van der Waals surface area contributed by atoms with Crippen molar-refractivity contribution in [3.63, 3.8) is 0 Å². The Morgan fingerprint density at radius 1 is 1.33 bits per heavy atom. The van der Waals surface area contributed by atoms with Crippen LogP contribution in [0.5, 0.6) is 0 Å². The first-order chi connectivity index (χ1) is 9.97. The molecule has 1 aromatic rings. The lowest BCUT2D eigenvalue weighted by molar-refractivity contribution is 0.164. The molecule has 0 saturated heterocycles. The molecule has 1 aliphatic carbocycles. The fourth-order valence-corrected chi connectivity index (χ4v) is 4.64.